The summed E-state index contributed by atoms with van der Waals surface area (Å²) in [7, 11) is 3.92. The van der Waals surface area contributed by atoms with E-state index in [1.54, 1.807) is 11.3 Å². The fourth-order valence-corrected chi connectivity index (χ4v) is 4.05. The summed E-state index contributed by atoms with van der Waals surface area (Å²) < 4.78 is 5.47. The van der Waals surface area contributed by atoms with Crippen LogP contribution in [-0.2, 0) is 11.3 Å². The van der Waals surface area contributed by atoms with Gasteiger partial charge in [0.05, 0.1) is 18.8 Å². The highest BCUT2D eigenvalue weighted by Gasteiger charge is 2.19. The van der Waals surface area contributed by atoms with Crippen molar-refractivity contribution < 1.29 is 4.74 Å². The van der Waals surface area contributed by atoms with Crippen molar-refractivity contribution in [2.24, 2.45) is 10.9 Å². The SMILES string of the molecule is CN=C(NCc1sc(-c2ccccc2)nc1C)N(C)CC1CCOC1. The fourth-order valence-electron chi connectivity index (χ4n) is 3.04. The molecule has 0 spiro atoms. The van der Waals surface area contributed by atoms with Gasteiger partial charge in [0, 0.05) is 43.6 Å². The number of aryl methyl sites for hydroxylation is 1. The number of aromatic nitrogens is 1. The van der Waals surface area contributed by atoms with Gasteiger partial charge >= 0.3 is 0 Å². The van der Waals surface area contributed by atoms with E-state index in [2.05, 4.69) is 41.3 Å². The Morgan fingerprint density at radius 1 is 1.40 bits per heavy atom. The zero-order chi connectivity index (χ0) is 17.6. The fraction of sp³-hybridized carbons (Fsp3) is 0.474. The Balaban J connectivity index is 1.61. The van der Waals surface area contributed by atoms with Crippen LogP contribution in [0.4, 0.5) is 0 Å². The number of nitrogens with one attached hydrogen (secondary N) is 1. The van der Waals surface area contributed by atoms with Crippen LogP contribution < -0.4 is 5.32 Å². The van der Waals surface area contributed by atoms with Gasteiger partial charge < -0.3 is 15.0 Å². The summed E-state index contributed by atoms with van der Waals surface area (Å²) in [5.74, 6) is 1.51. The molecule has 1 aliphatic rings. The first kappa shape index (κ1) is 17.9. The highest BCUT2D eigenvalue weighted by atomic mass is 32.1. The van der Waals surface area contributed by atoms with E-state index in [9.17, 15) is 0 Å². The van der Waals surface area contributed by atoms with Crippen molar-refractivity contribution in [2.45, 2.75) is 19.9 Å². The number of nitrogens with zero attached hydrogens (tertiary/aromatic N) is 3. The summed E-state index contributed by atoms with van der Waals surface area (Å²) in [6.07, 6.45) is 1.13. The summed E-state index contributed by atoms with van der Waals surface area (Å²) in [4.78, 5) is 12.6. The zero-order valence-electron chi connectivity index (χ0n) is 15.2. The summed E-state index contributed by atoms with van der Waals surface area (Å²) in [5.41, 5.74) is 2.25. The van der Waals surface area contributed by atoms with E-state index in [1.807, 2.05) is 25.2 Å². The van der Waals surface area contributed by atoms with Gasteiger partial charge in [-0.15, -0.1) is 11.3 Å². The number of benzene rings is 1. The molecule has 0 saturated carbocycles. The van der Waals surface area contributed by atoms with Gasteiger partial charge in [0.25, 0.3) is 0 Å². The standard InChI is InChI=1S/C19H26N4OS/c1-14-17(25-18(22-14)16-7-5-4-6-8-16)11-21-19(20-2)23(3)12-15-9-10-24-13-15/h4-8,15H,9-13H2,1-3H3,(H,20,21). The van der Waals surface area contributed by atoms with Gasteiger partial charge in [-0.25, -0.2) is 4.98 Å². The molecule has 0 bridgehead atoms. The van der Waals surface area contributed by atoms with Crippen molar-refractivity contribution in [3.63, 3.8) is 0 Å². The van der Waals surface area contributed by atoms with Crippen molar-refractivity contribution in [1.29, 1.82) is 0 Å². The first-order chi connectivity index (χ1) is 12.2. The van der Waals surface area contributed by atoms with E-state index < -0.39 is 0 Å². The number of aliphatic imine (C=N–C) groups is 1. The van der Waals surface area contributed by atoms with Gasteiger partial charge in [-0.05, 0) is 13.3 Å². The minimum absolute atomic E-state index is 0.596. The third kappa shape index (κ3) is 4.58. The van der Waals surface area contributed by atoms with E-state index in [1.165, 1.54) is 10.4 Å². The lowest BCUT2D eigenvalue weighted by atomic mass is 10.1. The molecule has 0 amide bonds. The molecule has 1 aromatic carbocycles. The molecule has 2 heterocycles. The molecule has 1 N–H and O–H groups in total. The second-order valence-corrected chi connectivity index (χ2v) is 7.49. The quantitative estimate of drug-likeness (QED) is 0.659. The predicted octanol–water partition coefficient (Wildman–Crippen LogP) is 3.16. The average molecular weight is 359 g/mol. The summed E-state index contributed by atoms with van der Waals surface area (Å²) in [6, 6.07) is 10.3. The lowest BCUT2D eigenvalue weighted by Crippen LogP contribution is -2.41. The monoisotopic (exact) mass is 358 g/mol. The molecule has 1 aliphatic heterocycles. The molecule has 0 radical (unpaired) electrons. The number of hydrogen-bond donors (Lipinski definition) is 1. The van der Waals surface area contributed by atoms with Crippen molar-refractivity contribution in [1.82, 2.24) is 15.2 Å². The highest BCUT2D eigenvalue weighted by Crippen LogP contribution is 2.27. The summed E-state index contributed by atoms with van der Waals surface area (Å²) in [6.45, 7) is 5.52. The smallest absolute Gasteiger partial charge is 0.193 e. The van der Waals surface area contributed by atoms with Gasteiger partial charge in [-0.2, -0.15) is 0 Å². The molecular weight excluding hydrogens is 332 g/mol. The van der Waals surface area contributed by atoms with Gasteiger partial charge in [0.2, 0.25) is 0 Å². The molecule has 25 heavy (non-hydrogen) atoms. The maximum atomic E-state index is 5.47. The van der Waals surface area contributed by atoms with Crippen LogP contribution in [0.1, 0.15) is 17.0 Å². The van der Waals surface area contributed by atoms with Crippen LogP contribution in [-0.4, -0.2) is 49.7 Å². The Labute approximate surface area is 153 Å². The van der Waals surface area contributed by atoms with Gasteiger partial charge in [0.1, 0.15) is 5.01 Å². The first-order valence-electron chi connectivity index (χ1n) is 8.68. The van der Waals surface area contributed by atoms with E-state index >= 15 is 0 Å². The van der Waals surface area contributed by atoms with E-state index in [0.29, 0.717) is 5.92 Å². The number of ether oxygens (including phenoxy) is 1. The average Bonchev–Trinajstić information content (AvgIpc) is 3.26. The normalized spacial score (nSPS) is 17.7. The Kier molecular flexibility index (Phi) is 6.04. The van der Waals surface area contributed by atoms with E-state index in [-0.39, 0.29) is 0 Å². The predicted molar refractivity (Wildman–Crippen MR) is 104 cm³/mol. The molecule has 1 fully saturated rings. The summed E-state index contributed by atoms with van der Waals surface area (Å²) in [5, 5.41) is 4.54. The van der Waals surface area contributed by atoms with Crippen LogP contribution >= 0.6 is 11.3 Å². The maximum absolute atomic E-state index is 5.47. The number of thiazole rings is 1. The molecule has 1 atom stereocenters. The molecule has 134 valence electrons. The molecule has 1 unspecified atom stereocenters. The Morgan fingerprint density at radius 2 is 2.20 bits per heavy atom. The first-order valence-corrected chi connectivity index (χ1v) is 9.50. The lowest BCUT2D eigenvalue weighted by Gasteiger charge is -2.24. The van der Waals surface area contributed by atoms with Gasteiger partial charge in [-0.1, -0.05) is 30.3 Å². The second-order valence-electron chi connectivity index (χ2n) is 6.40. The van der Waals surface area contributed by atoms with Crippen molar-refractivity contribution in [2.75, 3.05) is 33.9 Å². The Bertz CT molecular complexity index is 707. The van der Waals surface area contributed by atoms with Crippen LogP contribution in [0, 0.1) is 12.8 Å². The Morgan fingerprint density at radius 3 is 2.88 bits per heavy atom. The number of rotatable bonds is 5. The number of guanidine groups is 1. The third-order valence-corrected chi connectivity index (χ3v) is 5.66. The number of hydrogen-bond acceptors (Lipinski definition) is 4. The van der Waals surface area contributed by atoms with Crippen LogP contribution in [0.15, 0.2) is 35.3 Å². The topological polar surface area (TPSA) is 49.8 Å². The van der Waals surface area contributed by atoms with Crippen molar-refractivity contribution in [3.8, 4) is 10.6 Å². The second kappa shape index (κ2) is 8.45. The molecular formula is C19H26N4OS. The van der Waals surface area contributed by atoms with Crippen LogP contribution in [0.3, 0.4) is 0 Å². The van der Waals surface area contributed by atoms with E-state index in [4.69, 9.17) is 9.72 Å². The molecule has 3 rings (SSSR count). The molecule has 5 nitrogen and oxygen atoms in total. The largest absolute Gasteiger partial charge is 0.381 e. The zero-order valence-corrected chi connectivity index (χ0v) is 16.0. The van der Waals surface area contributed by atoms with Gasteiger partial charge in [0.15, 0.2) is 5.96 Å². The molecule has 2 aromatic rings. The van der Waals surface area contributed by atoms with Crippen molar-refractivity contribution >= 4 is 17.3 Å². The molecule has 6 heteroatoms. The van der Waals surface area contributed by atoms with Crippen LogP contribution in [0.5, 0.6) is 0 Å². The third-order valence-electron chi connectivity index (χ3n) is 4.45. The minimum Gasteiger partial charge on any atom is -0.381 e. The lowest BCUT2D eigenvalue weighted by molar-refractivity contribution is 0.181. The summed E-state index contributed by atoms with van der Waals surface area (Å²) >= 11 is 1.74. The van der Waals surface area contributed by atoms with Crippen LogP contribution in [0.25, 0.3) is 10.6 Å². The molecule has 0 aliphatic carbocycles. The van der Waals surface area contributed by atoms with E-state index in [0.717, 1.165) is 49.4 Å². The van der Waals surface area contributed by atoms with Gasteiger partial charge in [-0.3, -0.25) is 4.99 Å². The van der Waals surface area contributed by atoms with Crippen LogP contribution in [0.2, 0.25) is 0 Å². The van der Waals surface area contributed by atoms with Crippen molar-refractivity contribution in [3.05, 3.63) is 40.9 Å². The maximum Gasteiger partial charge on any atom is 0.193 e. The molecule has 1 aromatic heterocycles. The minimum atomic E-state index is 0.596. The molecule has 1 saturated heterocycles. The highest BCUT2D eigenvalue weighted by molar-refractivity contribution is 7.15. The Hall–Kier alpha value is -1.92.